The van der Waals surface area contributed by atoms with Crippen LogP contribution < -0.4 is 5.32 Å². The number of hydrogen-bond acceptors (Lipinski definition) is 4. The van der Waals surface area contributed by atoms with Crippen molar-refractivity contribution in [1.29, 1.82) is 0 Å². The second kappa shape index (κ2) is 6.53. The molecule has 6 heteroatoms. The third kappa shape index (κ3) is 3.59. The lowest BCUT2D eigenvalue weighted by Crippen LogP contribution is -2.12. The summed E-state index contributed by atoms with van der Waals surface area (Å²) in [6, 6.07) is 9.92. The number of benzene rings is 1. The molecule has 0 bridgehead atoms. The van der Waals surface area contributed by atoms with Crippen LogP contribution in [0.2, 0.25) is 0 Å². The van der Waals surface area contributed by atoms with E-state index >= 15 is 0 Å². The predicted molar refractivity (Wildman–Crippen MR) is 87.7 cm³/mol. The largest absolute Gasteiger partial charge is 0.302 e. The maximum Gasteiger partial charge on any atom is 0.226 e. The molecule has 0 radical (unpaired) electrons. The van der Waals surface area contributed by atoms with Crippen molar-refractivity contribution in [1.82, 2.24) is 14.8 Å². The number of carbonyl (C=O) groups excluding carboxylic acids is 1. The van der Waals surface area contributed by atoms with Crippen LogP contribution in [-0.2, 0) is 18.3 Å². The summed E-state index contributed by atoms with van der Waals surface area (Å²) in [5.74, 6) is -0.0298. The van der Waals surface area contributed by atoms with Gasteiger partial charge in [0.25, 0.3) is 0 Å². The van der Waals surface area contributed by atoms with Crippen molar-refractivity contribution in [2.24, 2.45) is 7.05 Å². The van der Waals surface area contributed by atoms with Crippen LogP contribution in [0.1, 0.15) is 12.0 Å². The Hall–Kier alpha value is -2.47. The molecule has 0 aliphatic rings. The van der Waals surface area contributed by atoms with Crippen LogP contribution in [-0.4, -0.2) is 20.7 Å². The average Bonchev–Trinajstić information content (AvgIpc) is 3.15. The lowest BCUT2D eigenvalue weighted by Gasteiger charge is -2.00. The van der Waals surface area contributed by atoms with Crippen molar-refractivity contribution in [3.05, 3.63) is 53.7 Å². The Morgan fingerprint density at radius 1 is 1.32 bits per heavy atom. The molecular weight excluding hydrogens is 296 g/mol. The highest BCUT2D eigenvalue weighted by molar-refractivity contribution is 7.14. The van der Waals surface area contributed by atoms with Crippen LogP contribution in [0.15, 0.2) is 48.1 Å². The van der Waals surface area contributed by atoms with Gasteiger partial charge in [0.1, 0.15) is 0 Å². The molecule has 1 N–H and O–H groups in total. The van der Waals surface area contributed by atoms with Crippen molar-refractivity contribution >= 4 is 22.4 Å². The summed E-state index contributed by atoms with van der Waals surface area (Å²) in [6.45, 7) is 0. The van der Waals surface area contributed by atoms with Crippen LogP contribution in [0.3, 0.4) is 0 Å². The van der Waals surface area contributed by atoms with Gasteiger partial charge < -0.3 is 5.32 Å². The van der Waals surface area contributed by atoms with E-state index in [1.54, 1.807) is 10.9 Å². The molecule has 5 nitrogen and oxygen atoms in total. The zero-order chi connectivity index (χ0) is 15.4. The molecule has 22 heavy (non-hydrogen) atoms. The van der Waals surface area contributed by atoms with Crippen LogP contribution in [0.5, 0.6) is 0 Å². The fraction of sp³-hybridized carbons (Fsp3) is 0.188. The minimum Gasteiger partial charge on any atom is -0.302 e. The SMILES string of the molecule is Cn1cc(CCC(=O)Nc2nc(-c3ccccc3)cs2)cn1. The fourth-order valence-electron chi connectivity index (χ4n) is 2.11. The molecule has 0 fully saturated rings. The summed E-state index contributed by atoms with van der Waals surface area (Å²) in [5, 5.41) is 9.53. The van der Waals surface area contributed by atoms with Gasteiger partial charge in [-0.1, -0.05) is 30.3 Å². The van der Waals surface area contributed by atoms with E-state index in [4.69, 9.17) is 0 Å². The summed E-state index contributed by atoms with van der Waals surface area (Å²) in [6.07, 6.45) is 4.80. The van der Waals surface area contributed by atoms with Gasteiger partial charge in [0.05, 0.1) is 11.9 Å². The van der Waals surface area contributed by atoms with Gasteiger partial charge in [0.2, 0.25) is 5.91 Å². The molecular formula is C16H16N4OS. The summed E-state index contributed by atoms with van der Waals surface area (Å²) < 4.78 is 1.74. The van der Waals surface area contributed by atoms with E-state index in [1.165, 1.54) is 11.3 Å². The van der Waals surface area contributed by atoms with Crippen molar-refractivity contribution in [3.8, 4) is 11.3 Å². The van der Waals surface area contributed by atoms with Crippen LogP contribution in [0.4, 0.5) is 5.13 Å². The summed E-state index contributed by atoms with van der Waals surface area (Å²) >= 11 is 1.44. The lowest BCUT2D eigenvalue weighted by atomic mass is 10.2. The topological polar surface area (TPSA) is 59.8 Å². The number of carbonyl (C=O) groups is 1. The van der Waals surface area contributed by atoms with Gasteiger partial charge in [0, 0.05) is 30.6 Å². The highest BCUT2D eigenvalue weighted by Crippen LogP contribution is 2.24. The second-order valence-electron chi connectivity index (χ2n) is 4.97. The van der Waals surface area contributed by atoms with Crippen LogP contribution in [0.25, 0.3) is 11.3 Å². The Morgan fingerprint density at radius 3 is 2.86 bits per heavy atom. The molecule has 0 unspecified atom stereocenters. The molecule has 0 spiro atoms. The van der Waals surface area contributed by atoms with Gasteiger partial charge in [-0.2, -0.15) is 5.10 Å². The van der Waals surface area contributed by atoms with Crippen LogP contribution >= 0.6 is 11.3 Å². The number of amides is 1. The molecule has 0 saturated heterocycles. The van der Waals surface area contributed by atoms with Crippen molar-refractivity contribution in [2.45, 2.75) is 12.8 Å². The molecule has 1 aromatic carbocycles. The first-order chi connectivity index (χ1) is 10.7. The molecule has 0 aliphatic heterocycles. The number of anilines is 1. The van der Waals surface area contributed by atoms with E-state index in [-0.39, 0.29) is 5.91 Å². The molecule has 3 aromatic rings. The molecule has 0 saturated carbocycles. The number of rotatable bonds is 5. The normalized spacial score (nSPS) is 10.6. The van der Waals surface area contributed by atoms with Gasteiger partial charge in [-0.05, 0) is 12.0 Å². The molecule has 2 aromatic heterocycles. The maximum atomic E-state index is 12.0. The van der Waals surface area contributed by atoms with E-state index in [2.05, 4.69) is 15.4 Å². The molecule has 112 valence electrons. The number of thiazole rings is 1. The van der Waals surface area contributed by atoms with Crippen molar-refractivity contribution in [3.63, 3.8) is 0 Å². The van der Waals surface area contributed by atoms with Gasteiger partial charge >= 0.3 is 0 Å². The summed E-state index contributed by atoms with van der Waals surface area (Å²) in [7, 11) is 1.87. The first kappa shape index (κ1) is 14.5. The van der Waals surface area contributed by atoms with Gasteiger partial charge in [-0.25, -0.2) is 4.98 Å². The Bertz CT molecular complexity index is 763. The van der Waals surface area contributed by atoms with Gasteiger partial charge in [0.15, 0.2) is 5.13 Å². The molecule has 0 atom stereocenters. The number of nitrogens with zero attached hydrogens (tertiary/aromatic N) is 3. The third-order valence-electron chi connectivity index (χ3n) is 3.22. The van der Waals surface area contributed by atoms with E-state index < -0.39 is 0 Å². The van der Waals surface area contributed by atoms with E-state index in [1.807, 2.05) is 49.0 Å². The third-order valence-corrected chi connectivity index (χ3v) is 3.98. The Balaban J connectivity index is 1.57. The number of aryl methyl sites for hydroxylation is 2. The number of hydrogen-bond donors (Lipinski definition) is 1. The standard InChI is InChI=1S/C16H16N4OS/c1-20-10-12(9-17-20)7-8-15(21)19-16-18-14(11-22-16)13-5-3-2-4-6-13/h2-6,9-11H,7-8H2,1H3,(H,18,19,21). The lowest BCUT2D eigenvalue weighted by molar-refractivity contribution is -0.116. The zero-order valence-electron chi connectivity index (χ0n) is 12.2. The highest BCUT2D eigenvalue weighted by Gasteiger charge is 2.08. The van der Waals surface area contributed by atoms with E-state index in [0.29, 0.717) is 18.0 Å². The smallest absolute Gasteiger partial charge is 0.226 e. The molecule has 1 amide bonds. The Labute approximate surface area is 132 Å². The van der Waals surface area contributed by atoms with E-state index in [9.17, 15) is 4.79 Å². The fourth-order valence-corrected chi connectivity index (χ4v) is 2.85. The first-order valence-corrected chi connectivity index (χ1v) is 7.87. The van der Waals surface area contributed by atoms with Crippen LogP contribution in [0, 0.1) is 0 Å². The molecule has 2 heterocycles. The first-order valence-electron chi connectivity index (χ1n) is 6.99. The summed E-state index contributed by atoms with van der Waals surface area (Å²) in [4.78, 5) is 16.4. The molecule has 3 rings (SSSR count). The number of nitrogens with one attached hydrogen (secondary N) is 1. The monoisotopic (exact) mass is 312 g/mol. The quantitative estimate of drug-likeness (QED) is 0.787. The highest BCUT2D eigenvalue weighted by atomic mass is 32.1. The van der Waals surface area contributed by atoms with Gasteiger partial charge in [-0.15, -0.1) is 11.3 Å². The summed E-state index contributed by atoms with van der Waals surface area (Å²) in [5.41, 5.74) is 2.99. The minimum atomic E-state index is -0.0298. The van der Waals surface area contributed by atoms with E-state index in [0.717, 1.165) is 16.8 Å². The minimum absolute atomic E-state index is 0.0298. The predicted octanol–water partition coefficient (Wildman–Crippen LogP) is 3.11. The number of aromatic nitrogens is 3. The maximum absolute atomic E-state index is 12.0. The van der Waals surface area contributed by atoms with Crippen molar-refractivity contribution in [2.75, 3.05) is 5.32 Å². The zero-order valence-corrected chi connectivity index (χ0v) is 13.0. The average molecular weight is 312 g/mol. The van der Waals surface area contributed by atoms with Gasteiger partial charge in [-0.3, -0.25) is 9.48 Å². The molecule has 0 aliphatic carbocycles. The van der Waals surface area contributed by atoms with Crippen molar-refractivity contribution < 1.29 is 4.79 Å². The Morgan fingerprint density at radius 2 is 2.14 bits per heavy atom. The second-order valence-corrected chi connectivity index (χ2v) is 5.83. The Kier molecular flexibility index (Phi) is 4.29.